The van der Waals surface area contributed by atoms with Gasteiger partial charge in [0, 0.05) is 24.7 Å². The van der Waals surface area contributed by atoms with E-state index in [4.69, 9.17) is 5.73 Å². The van der Waals surface area contributed by atoms with Crippen molar-refractivity contribution in [2.45, 2.75) is 12.8 Å². The minimum absolute atomic E-state index is 0.0399. The van der Waals surface area contributed by atoms with Crippen LogP contribution < -0.4 is 5.73 Å². The number of H-pyrrole nitrogens is 1. The van der Waals surface area contributed by atoms with Crippen LogP contribution in [0.5, 0.6) is 0 Å². The molecule has 1 aromatic heterocycles. The molecular formula is C16H20N4O. The van der Waals surface area contributed by atoms with Gasteiger partial charge in [0.1, 0.15) is 0 Å². The van der Waals surface area contributed by atoms with Gasteiger partial charge in [-0.2, -0.15) is 5.10 Å². The summed E-state index contributed by atoms with van der Waals surface area (Å²) >= 11 is 0. The molecule has 2 atom stereocenters. The highest BCUT2D eigenvalue weighted by Gasteiger charge is 2.36. The number of aromatic nitrogens is 2. The lowest BCUT2D eigenvalue weighted by Gasteiger charge is -2.16. The van der Waals surface area contributed by atoms with Crippen molar-refractivity contribution in [1.29, 1.82) is 0 Å². The summed E-state index contributed by atoms with van der Waals surface area (Å²) in [5.74, 6) is 0.661. The number of likely N-dealkylation sites (tertiary alicyclic amines) is 1. The third-order valence-corrected chi connectivity index (χ3v) is 4.32. The molecule has 0 bridgehead atoms. The molecule has 1 fully saturated rings. The Balaban J connectivity index is 1.81. The van der Waals surface area contributed by atoms with Crippen molar-refractivity contribution in [1.82, 2.24) is 15.1 Å². The van der Waals surface area contributed by atoms with Crippen LogP contribution in [0, 0.1) is 12.8 Å². The van der Waals surface area contributed by atoms with Crippen LogP contribution in [-0.4, -0.2) is 40.6 Å². The number of aromatic amines is 1. The largest absolute Gasteiger partial charge is 0.338 e. The maximum atomic E-state index is 12.6. The Hall–Kier alpha value is -2.14. The highest BCUT2D eigenvalue weighted by atomic mass is 16.2. The predicted molar refractivity (Wildman–Crippen MR) is 81.0 cm³/mol. The van der Waals surface area contributed by atoms with Crippen molar-refractivity contribution in [2.75, 3.05) is 19.6 Å². The third-order valence-electron chi connectivity index (χ3n) is 4.32. The summed E-state index contributed by atoms with van der Waals surface area (Å²) in [5.41, 5.74) is 8.64. The molecule has 3 N–H and O–H groups in total. The minimum atomic E-state index is 0.0399. The number of nitrogens with zero attached hydrogens (tertiary/aromatic N) is 2. The fraction of sp³-hybridized carbons (Fsp3) is 0.375. The molecule has 1 amide bonds. The van der Waals surface area contributed by atoms with Crippen LogP contribution >= 0.6 is 0 Å². The molecule has 1 aromatic carbocycles. The number of amides is 1. The Bertz CT molecular complexity index is 622. The molecule has 0 saturated carbocycles. The summed E-state index contributed by atoms with van der Waals surface area (Å²) in [6.07, 6.45) is 1.60. The van der Waals surface area contributed by atoms with E-state index in [0.717, 1.165) is 12.2 Å². The van der Waals surface area contributed by atoms with Crippen LogP contribution in [0.4, 0.5) is 0 Å². The molecule has 1 aliphatic rings. The number of nitrogens with two attached hydrogens (primary N) is 1. The monoisotopic (exact) mass is 284 g/mol. The number of carbonyl (C=O) groups excluding carboxylic acids is 1. The van der Waals surface area contributed by atoms with Gasteiger partial charge < -0.3 is 10.6 Å². The summed E-state index contributed by atoms with van der Waals surface area (Å²) in [6.45, 7) is 3.88. The number of rotatable bonds is 3. The van der Waals surface area contributed by atoms with E-state index in [0.29, 0.717) is 30.5 Å². The first-order valence-corrected chi connectivity index (χ1v) is 7.25. The van der Waals surface area contributed by atoms with Gasteiger partial charge in [0.05, 0.1) is 11.8 Å². The standard InChI is InChI=1S/C16H20N4O/c1-11-14(8-18-19-11)16(21)20-9-13(7-17)15(10-20)12-5-3-2-4-6-12/h2-6,8,13,15H,7,9-10,17H2,1H3,(H,18,19)/t13-,15+/m1/s1. The first kappa shape index (κ1) is 13.8. The van der Waals surface area contributed by atoms with Gasteiger partial charge >= 0.3 is 0 Å². The van der Waals surface area contributed by atoms with Gasteiger partial charge in [-0.05, 0) is 24.9 Å². The third kappa shape index (κ3) is 2.56. The topological polar surface area (TPSA) is 75.0 Å². The van der Waals surface area contributed by atoms with Crippen molar-refractivity contribution in [3.05, 3.63) is 53.3 Å². The number of hydrogen-bond acceptors (Lipinski definition) is 3. The normalized spacial score (nSPS) is 21.7. The maximum absolute atomic E-state index is 12.6. The molecule has 0 unspecified atom stereocenters. The fourth-order valence-corrected chi connectivity index (χ4v) is 3.09. The van der Waals surface area contributed by atoms with Crippen LogP contribution in [0.3, 0.4) is 0 Å². The van der Waals surface area contributed by atoms with Gasteiger partial charge in [-0.15, -0.1) is 0 Å². The molecular weight excluding hydrogens is 264 g/mol. The van der Waals surface area contributed by atoms with E-state index in [-0.39, 0.29) is 5.91 Å². The quantitative estimate of drug-likeness (QED) is 0.897. The second-order valence-electron chi connectivity index (χ2n) is 5.63. The van der Waals surface area contributed by atoms with Crippen LogP contribution in [-0.2, 0) is 0 Å². The summed E-state index contributed by atoms with van der Waals surface area (Å²) in [7, 11) is 0. The van der Waals surface area contributed by atoms with Crippen LogP contribution in [0.2, 0.25) is 0 Å². The fourth-order valence-electron chi connectivity index (χ4n) is 3.09. The van der Waals surface area contributed by atoms with E-state index >= 15 is 0 Å². The van der Waals surface area contributed by atoms with Crippen LogP contribution in [0.15, 0.2) is 36.5 Å². The number of nitrogens with one attached hydrogen (secondary N) is 1. The summed E-state index contributed by atoms with van der Waals surface area (Å²) < 4.78 is 0. The molecule has 110 valence electrons. The first-order valence-electron chi connectivity index (χ1n) is 7.25. The molecule has 1 aliphatic heterocycles. The first-order chi connectivity index (χ1) is 10.2. The second-order valence-corrected chi connectivity index (χ2v) is 5.63. The highest BCUT2D eigenvalue weighted by molar-refractivity contribution is 5.95. The zero-order valence-electron chi connectivity index (χ0n) is 12.1. The molecule has 2 heterocycles. The molecule has 5 nitrogen and oxygen atoms in total. The Morgan fingerprint density at radius 1 is 1.38 bits per heavy atom. The van der Waals surface area contributed by atoms with Gasteiger partial charge in [0.15, 0.2) is 0 Å². The molecule has 0 radical (unpaired) electrons. The Morgan fingerprint density at radius 2 is 2.14 bits per heavy atom. The highest BCUT2D eigenvalue weighted by Crippen LogP contribution is 2.32. The van der Waals surface area contributed by atoms with E-state index in [2.05, 4.69) is 22.3 Å². The molecule has 0 aliphatic carbocycles. The van der Waals surface area contributed by atoms with Gasteiger partial charge in [-0.3, -0.25) is 9.89 Å². The smallest absolute Gasteiger partial charge is 0.257 e. The SMILES string of the molecule is Cc1[nH]ncc1C(=O)N1C[C@@H](CN)[C@H](c2ccccc2)C1. The number of hydrogen-bond donors (Lipinski definition) is 2. The van der Waals surface area contributed by atoms with Crippen molar-refractivity contribution in [3.63, 3.8) is 0 Å². The zero-order chi connectivity index (χ0) is 14.8. The number of benzene rings is 1. The molecule has 0 spiro atoms. The lowest BCUT2D eigenvalue weighted by molar-refractivity contribution is 0.0786. The van der Waals surface area contributed by atoms with Gasteiger partial charge in [-0.1, -0.05) is 30.3 Å². The average Bonchev–Trinajstić information content (AvgIpc) is 3.13. The average molecular weight is 284 g/mol. The summed E-state index contributed by atoms with van der Waals surface area (Å²) in [5, 5.41) is 6.75. The zero-order valence-corrected chi connectivity index (χ0v) is 12.1. The Labute approximate surface area is 124 Å². The van der Waals surface area contributed by atoms with Crippen molar-refractivity contribution < 1.29 is 4.79 Å². The molecule has 3 rings (SSSR count). The van der Waals surface area contributed by atoms with E-state index in [9.17, 15) is 4.79 Å². The van der Waals surface area contributed by atoms with E-state index in [1.807, 2.05) is 30.0 Å². The number of aryl methyl sites for hydroxylation is 1. The molecule has 21 heavy (non-hydrogen) atoms. The number of carbonyl (C=O) groups is 1. The lowest BCUT2D eigenvalue weighted by Crippen LogP contribution is -2.30. The van der Waals surface area contributed by atoms with Crippen molar-refractivity contribution in [3.8, 4) is 0 Å². The summed E-state index contributed by atoms with van der Waals surface area (Å²) in [4.78, 5) is 14.5. The molecule has 2 aromatic rings. The van der Waals surface area contributed by atoms with E-state index < -0.39 is 0 Å². The summed E-state index contributed by atoms with van der Waals surface area (Å²) in [6, 6.07) is 10.3. The Morgan fingerprint density at radius 3 is 2.76 bits per heavy atom. The van der Waals surface area contributed by atoms with Gasteiger partial charge in [0.2, 0.25) is 0 Å². The molecule has 1 saturated heterocycles. The maximum Gasteiger partial charge on any atom is 0.257 e. The van der Waals surface area contributed by atoms with Gasteiger partial charge in [-0.25, -0.2) is 0 Å². The van der Waals surface area contributed by atoms with Crippen LogP contribution in [0.25, 0.3) is 0 Å². The van der Waals surface area contributed by atoms with Gasteiger partial charge in [0.25, 0.3) is 5.91 Å². The van der Waals surface area contributed by atoms with Crippen molar-refractivity contribution in [2.24, 2.45) is 11.7 Å². The Kier molecular flexibility index (Phi) is 3.75. The van der Waals surface area contributed by atoms with E-state index in [1.165, 1.54) is 5.56 Å². The van der Waals surface area contributed by atoms with E-state index in [1.54, 1.807) is 6.20 Å². The second kappa shape index (κ2) is 5.69. The minimum Gasteiger partial charge on any atom is -0.338 e. The lowest BCUT2D eigenvalue weighted by atomic mass is 9.89. The van der Waals surface area contributed by atoms with Crippen LogP contribution in [0.1, 0.15) is 27.5 Å². The predicted octanol–water partition coefficient (Wildman–Crippen LogP) is 1.53. The molecule has 5 heteroatoms. The van der Waals surface area contributed by atoms with Crippen molar-refractivity contribution >= 4 is 5.91 Å².